The normalized spacial score (nSPS) is 9.62. The predicted molar refractivity (Wildman–Crippen MR) is 66.5 cm³/mol. The van der Waals surface area contributed by atoms with Gasteiger partial charge >= 0.3 is 0 Å². The largest absolute Gasteiger partial charge is 0.383 e. The van der Waals surface area contributed by atoms with E-state index in [1.807, 2.05) is 24.3 Å². The number of para-hydroxylation sites is 1. The van der Waals surface area contributed by atoms with Crippen LogP contribution in [0, 0.1) is 0 Å². The second-order valence-corrected chi connectivity index (χ2v) is 3.34. The zero-order valence-electron chi connectivity index (χ0n) is 9.06. The zero-order chi connectivity index (χ0) is 11.8. The van der Waals surface area contributed by atoms with E-state index in [2.05, 4.69) is 14.7 Å². The van der Waals surface area contributed by atoms with Crippen LogP contribution in [0.2, 0.25) is 0 Å². The Hall–Kier alpha value is -1.39. The number of fused-ring (bicyclic) bond motifs is 1. The summed E-state index contributed by atoms with van der Waals surface area (Å²) in [7, 11) is 1.63. The van der Waals surface area contributed by atoms with Gasteiger partial charge in [0.15, 0.2) is 0 Å². The highest BCUT2D eigenvalue weighted by atomic mass is 35.5. The van der Waals surface area contributed by atoms with E-state index in [4.69, 9.17) is 17.3 Å². The molecule has 0 radical (unpaired) electrons. The first-order chi connectivity index (χ1) is 7.79. The van der Waals surface area contributed by atoms with Crippen molar-refractivity contribution >= 4 is 28.3 Å². The molecule has 0 amide bonds. The number of anilines is 1. The first-order valence-corrected chi connectivity index (χ1v) is 5.33. The molecule has 0 aliphatic rings. The molecule has 2 aromatic rings. The fraction of sp³-hybridized carbons (Fsp3) is 0.273. The molecular weight excluding hydrogens is 226 g/mol. The van der Waals surface area contributed by atoms with Gasteiger partial charge in [0.1, 0.15) is 12.1 Å². The van der Waals surface area contributed by atoms with Gasteiger partial charge in [0, 0.05) is 18.4 Å². The van der Waals surface area contributed by atoms with Crippen molar-refractivity contribution < 1.29 is 4.74 Å². The van der Waals surface area contributed by atoms with Crippen molar-refractivity contribution in [1.29, 1.82) is 0 Å². The van der Waals surface area contributed by atoms with Crippen molar-refractivity contribution in [3.63, 3.8) is 0 Å². The average Bonchev–Trinajstić information content (AvgIpc) is 2.32. The summed E-state index contributed by atoms with van der Waals surface area (Å²) in [6.07, 6.45) is 1.47. The number of nitrogens with zero attached hydrogens (tertiary/aromatic N) is 2. The minimum Gasteiger partial charge on any atom is -0.383 e. The second kappa shape index (κ2) is 6.98. The van der Waals surface area contributed by atoms with Crippen LogP contribution in [0.1, 0.15) is 0 Å². The number of aromatic nitrogens is 2. The molecule has 16 heavy (non-hydrogen) atoms. The number of hydrogen-bond acceptors (Lipinski definition) is 4. The van der Waals surface area contributed by atoms with Crippen LogP contribution < -0.4 is 5.73 Å². The summed E-state index contributed by atoms with van der Waals surface area (Å²) in [5.74, 6) is 1.13. The van der Waals surface area contributed by atoms with Gasteiger partial charge in [-0.3, -0.25) is 0 Å². The lowest BCUT2D eigenvalue weighted by Gasteiger charge is -1.96. The van der Waals surface area contributed by atoms with Crippen LogP contribution in [-0.4, -0.2) is 29.6 Å². The highest BCUT2D eigenvalue weighted by Crippen LogP contribution is 2.14. The predicted octanol–water partition coefficient (Wildman–Crippen LogP) is 2.08. The summed E-state index contributed by atoms with van der Waals surface area (Å²) in [6.45, 7) is 0.654. The maximum absolute atomic E-state index is 5.61. The summed E-state index contributed by atoms with van der Waals surface area (Å²) in [5, 5.41) is 0.912. The lowest BCUT2D eigenvalue weighted by Crippen LogP contribution is -1.91. The SMILES string of the molecule is COCCCl.Nc1ncnc2ccccc12. The Morgan fingerprint density at radius 1 is 1.31 bits per heavy atom. The molecule has 1 aromatic heterocycles. The average molecular weight is 240 g/mol. The number of halogens is 1. The van der Waals surface area contributed by atoms with Crippen molar-refractivity contribution in [2.45, 2.75) is 0 Å². The van der Waals surface area contributed by atoms with Crippen molar-refractivity contribution in [2.75, 3.05) is 25.3 Å². The quantitative estimate of drug-likeness (QED) is 0.816. The standard InChI is InChI=1S/C8H7N3.C3H7ClO/c9-8-6-3-1-2-4-7(6)10-5-11-8;1-5-3-2-4/h1-5H,(H2,9,10,11);2-3H2,1H3. The van der Waals surface area contributed by atoms with E-state index in [0.717, 1.165) is 10.9 Å². The third kappa shape index (κ3) is 3.64. The van der Waals surface area contributed by atoms with Gasteiger partial charge in [-0.2, -0.15) is 0 Å². The topological polar surface area (TPSA) is 61.0 Å². The fourth-order valence-corrected chi connectivity index (χ4v) is 1.26. The molecule has 0 saturated heterocycles. The van der Waals surface area contributed by atoms with Gasteiger partial charge in [0.05, 0.1) is 12.1 Å². The van der Waals surface area contributed by atoms with E-state index in [1.165, 1.54) is 6.33 Å². The zero-order valence-corrected chi connectivity index (χ0v) is 9.81. The van der Waals surface area contributed by atoms with Crippen LogP contribution in [0.3, 0.4) is 0 Å². The molecule has 0 saturated carbocycles. The number of alkyl halides is 1. The maximum Gasteiger partial charge on any atom is 0.134 e. The van der Waals surface area contributed by atoms with Crippen LogP contribution in [0.5, 0.6) is 0 Å². The van der Waals surface area contributed by atoms with E-state index < -0.39 is 0 Å². The summed E-state index contributed by atoms with van der Waals surface area (Å²) < 4.78 is 4.56. The van der Waals surface area contributed by atoms with E-state index >= 15 is 0 Å². The Kier molecular flexibility index (Phi) is 5.53. The Morgan fingerprint density at radius 3 is 2.62 bits per heavy atom. The summed E-state index contributed by atoms with van der Waals surface area (Å²) in [4.78, 5) is 7.92. The second-order valence-electron chi connectivity index (χ2n) is 2.96. The maximum atomic E-state index is 5.61. The van der Waals surface area contributed by atoms with Crippen LogP contribution in [0.15, 0.2) is 30.6 Å². The first-order valence-electron chi connectivity index (χ1n) is 4.79. The first kappa shape index (κ1) is 12.7. The van der Waals surface area contributed by atoms with Gasteiger partial charge in [-0.15, -0.1) is 11.6 Å². The number of nitrogen functional groups attached to an aromatic ring is 1. The van der Waals surface area contributed by atoms with Gasteiger partial charge in [0.25, 0.3) is 0 Å². The highest BCUT2D eigenvalue weighted by molar-refractivity contribution is 6.17. The fourth-order valence-electron chi connectivity index (χ4n) is 1.10. The van der Waals surface area contributed by atoms with Crippen LogP contribution in [0.4, 0.5) is 5.82 Å². The molecule has 1 aromatic carbocycles. The van der Waals surface area contributed by atoms with Crippen molar-refractivity contribution in [2.24, 2.45) is 0 Å². The summed E-state index contributed by atoms with van der Waals surface area (Å²) in [5.41, 5.74) is 6.49. The van der Waals surface area contributed by atoms with Crippen LogP contribution in [0.25, 0.3) is 10.9 Å². The molecule has 2 rings (SSSR count). The third-order valence-corrected chi connectivity index (χ3v) is 2.01. The lowest BCUT2D eigenvalue weighted by atomic mass is 10.2. The lowest BCUT2D eigenvalue weighted by molar-refractivity contribution is 0.218. The Bertz CT molecular complexity index is 429. The number of benzene rings is 1. The van der Waals surface area contributed by atoms with Crippen LogP contribution in [-0.2, 0) is 4.74 Å². The number of rotatable bonds is 2. The molecule has 0 unspecified atom stereocenters. The number of nitrogens with two attached hydrogens (primary N) is 1. The Labute approximate surface area is 99.4 Å². The number of methoxy groups -OCH3 is 1. The van der Waals surface area contributed by atoms with Gasteiger partial charge in [-0.05, 0) is 12.1 Å². The smallest absolute Gasteiger partial charge is 0.134 e. The monoisotopic (exact) mass is 239 g/mol. The minimum atomic E-state index is 0.538. The number of hydrogen-bond donors (Lipinski definition) is 1. The van der Waals surface area contributed by atoms with E-state index in [0.29, 0.717) is 18.3 Å². The molecule has 0 atom stereocenters. The molecule has 86 valence electrons. The highest BCUT2D eigenvalue weighted by Gasteiger charge is 1.95. The van der Waals surface area contributed by atoms with Gasteiger partial charge in [-0.25, -0.2) is 9.97 Å². The molecule has 0 fully saturated rings. The van der Waals surface area contributed by atoms with E-state index in [1.54, 1.807) is 7.11 Å². The summed E-state index contributed by atoms with van der Waals surface area (Å²) in [6, 6.07) is 7.66. The molecule has 1 heterocycles. The minimum absolute atomic E-state index is 0.538. The van der Waals surface area contributed by atoms with Gasteiger partial charge in [-0.1, -0.05) is 12.1 Å². The third-order valence-electron chi connectivity index (χ3n) is 1.85. The van der Waals surface area contributed by atoms with Crippen molar-refractivity contribution in [3.05, 3.63) is 30.6 Å². The molecule has 0 aliphatic heterocycles. The van der Waals surface area contributed by atoms with Crippen molar-refractivity contribution in [3.8, 4) is 0 Å². The van der Waals surface area contributed by atoms with E-state index in [-0.39, 0.29) is 0 Å². The molecule has 4 nitrogen and oxygen atoms in total. The Morgan fingerprint density at radius 2 is 2.06 bits per heavy atom. The van der Waals surface area contributed by atoms with Gasteiger partial charge < -0.3 is 10.5 Å². The van der Waals surface area contributed by atoms with E-state index in [9.17, 15) is 0 Å². The Balaban J connectivity index is 0.000000221. The molecule has 2 N–H and O–H groups in total. The molecular formula is C11H14ClN3O. The van der Waals surface area contributed by atoms with Crippen molar-refractivity contribution in [1.82, 2.24) is 9.97 Å². The molecule has 0 spiro atoms. The molecule has 0 aliphatic carbocycles. The molecule has 5 heteroatoms. The number of ether oxygens (including phenoxy) is 1. The molecule has 0 bridgehead atoms. The summed E-state index contributed by atoms with van der Waals surface area (Å²) >= 11 is 5.18. The van der Waals surface area contributed by atoms with Crippen LogP contribution >= 0.6 is 11.6 Å². The van der Waals surface area contributed by atoms with Gasteiger partial charge in [0.2, 0.25) is 0 Å².